The molecule has 0 spiro atoms. The van der Waals surface area contributed by atoms with Crippen LogP contribution in [0, 0.1) is 12.7 Å². The van der Waals surface area contributed by atoms with Crippen molar-refractivity contribution in [1.82, 2.24) is 4.31 Å². The average molecular weight is 394 g/mol. The second-order valence-corrected chi connectivity index (χ2v) is 8.05. The number of rotatable bonds is 6. The van der Waals surface area contributed by atoms with Crippen LogP contribution in [-0.2, 0) is 19.6 Å². The van der Waals surface area contributed by atoms with E-state index in [0.29, 0.717) is 11.3 Å². The smallest absolute Gasteiger partial charge is 0.338 e. The largest absolute Gasteiger partial charge is 0.452 e. The molecule has 0 aliphatic carbocycles. The fraction of sp³-hybridized carbons (Fsp3) is 0.222. The Morgan fingerprint density at radius 3 is 2.30 bits per heavy atom. The van der Waals surface area contributed by atoms with Crippen LogP contribution in [0.3, 0.4) is 0 Å². The molecule has 0 unspecified atom stereocenters. The molecule has 7 nitrogen and oxygen atoms in total. The minimum Gasteiger partial charge on any atom is -0.452 e. The number of carbonyl (C=O) groups excluding carboxylic acids is 2. The molecular weight excluding hydrogens is 375 g/mol. The molecule has 0 heterocycles. The summed E-state index contributed by atoms with van der Waals surface area (Å²) in [6.07, 6.45) is 0. The average Bonchev–Trinajstić information content (AvgIpc) is 2.62. The Morgan fingerprint density at radius 1 is 1.11 bits per heavy atom. The number of anilines is 1. The number of halogens is 1. The third kappa shape index (κ3) is 5.11. The van der Waals surface area contributed by atoms with E-state index in [1.54, 1.807) is 6.92 Å². The van der Waals surface area contributed by atoms with Crippen molar-refractivity contribution in [2.24, 2.45) is 0 Å². The summed E-state index contributed by atoms with van der Waals surface area (Å²) in [5.74, 6) is -1.97. The SMILES string of the molecule is Cc1ccc(C(=O)OCC(=O)Nc2ccc(S(=O)(=O)N(C)C)cc2)cc1F. The normalized spacial score (nSPS) is 11.3. The molecular formula is C18H19FN2O5S. The molecule has 0 aliphatic rings. The lowest BCUT2D eigenvalue weighted by Gasteiger charge is -2.12. The number of nitrogens with zero attached hydrogens (tertiary/aromatic N) is 1. The number of amides is 1. The van der Waals surface area contributed by atoms with Gasteiger partial charge in [-0.1, -0.05) is 6.07 Å². The molecule has 2 aromatic carbocycles. The maximum absolute atomic E-state index is 13.5. The van der Waals surface area contributed by atoms with Crippen LogP contribution in [0.1, 0.15) is 15.9 Å². The van der Waals surface area contributed by atoms with Gasteiger partial charge in [-0.2, -0.15) is 0 Å². The van der Waals surface area contributed by atoms with E-state index in [0.717, 1.165) is 10.4 Å². The van der Waals surface area contributed by atoms with Crippen LogP contribution in [0.4, 0.5) is 10.1 Å². The van der Waals surface area contributed by atoms with E-state index in [1.807, 2.05) is 0 Å². The maximum atomic E-state index is 13.5. The maximum Gasteiger partial charge on any atom is 0.338 e. The molecule has 0 aliphatic heterocycles. The Kier molecular flexibility index (Phi) is 6.29. The number of sulfonamides is 1. The molecule has 1 amide bonds. The Bertz CT molecular complexity index is 956. The van der Waals surface area contributed by atoms with Crippen molar-refractivity contribution in [1.29, 1.82) is 0 Å². The predicted molar refractivity (Wildman–Crippen MR) is 97.4 cm³/mol. The third-order valence-corrected chi connectivity index (χ3v) is 5.49. The zero-order valence-electron chi connectivity index (χ0n) is 15.0. The van der Waals surface area contributed by atoms with Crippen molar-refractivity contribution in [3.63, 3.8) is 0 Å². The topological polar surface area (TPSA) is 92.8 Å². The fourth-order valence-corrected chi connectivity index (χ4v) is 2.95. The Hall–Kier alpha value is -2.78. The van der Waals surface area contributed by atoms with Crippen LogP contribution >= 0.6 is 0 Å². The van der Waals surface area contributed by atoms with Gasteiger partial charge in [0.25, 0.3) is 5.91 Å². The van der Waals surface area contributed by atoms with Crippen LogP contribution in [0.2, 0.25) is 0 Å². The van der Waals surface area contributed by atoms with Crippen LogP contribution < -0.4 is 5.32 Å². The number of benzene rings is 2. The number of hydrogen-bond donors (Lipinski definition) is 1. The highest BCUT2D eigenvalue weighted by molar-refractivity contribution is 7.89. The lowest BCUT2D eigenvalue weighted by atomic mass is 10.1. The molecule has 0 bridgehead atoms. The molecule has 144 valence electrons. The number of carbonyl (C=O) groups is 2. The number of ether oxygens (including phenoxy) is 1. The molecule has 0 radical (unpaired) electrons. The first-order valence-electron chi connectivity index (χ1n) is 7.87. The van der Waals surface area contributed by atoms with E-state index in [-0.39, 0.29) is 10.5 Å². The lowest BCUT2D eigenvalue weighted by molar-refractivity contribution is -0.119. The highest BCUT2D eigenvalue weighted by Gasteiger charge is 2.17. The zero-order valence-corrected chi connectivity index (χ0v) is 15.8. The summed E-state index contributed by atoms with van der Waals surface area (Å²) in [7, 11) is -0.728. The molecule has 2 aromatic rings. The van der Waals surface area contributed by atoms with E-state index >= 15 is 0 Å². The summed E-state index contributed by atoms with van der Waals surface area (Å²) in [4.78, 5) is 23.8. The summed E-state index contributed by atoms with van der Waals surface area (Å²) in [5, 5.41) is 2.48. The fourth-order valence-electron chi connectivity index (χ4n) is 2.05. The number of esters is 1. The van der Waals surface area contributed by atoms with Crippen molar-refractivity contribution in [3.8, 4) is 0 Å². The van der Waals surface area contributed by atoms with Crippen molar-refractivity contribution in [3.05, 3.63) is 59.4 Å². The third-order valence-electron chi connectivity index (χ3n) is 3.66. The quantitative estimate of drug-likeness (QED) is 0.758. The monoisotopic (exact) mass is 394 g/mol. The first-order valence-corrected chi connectivity index (χ1v) is 9.31. The van der Waals surface area contributed by atoms with E-state index in [4.69, 9.17) is 4.74 Å². The van der Waals surface area contributed by atoms with Crippen molar-refractivity contribution in [2.45, 2.75) is 11.8 Å². The molecule has 0 atom stereocenters. The molecule has 0 aromatic heterocycles. The van der Waals surface area contributed by atoms with Gasteiger partial charge in [0.1, 0.15) is 5.82 Å². The van der Waals surface area contributed by atoms with Gasteiger partial charge in [0.2, 0.25) is 10.0 Å². The first kappa shape index (κ1) is 20.5. The van der Waals surface area contributed by atoms with Gasteiger partial charge in [0.05, 0.1) is 10.5 Å². The lowest BCUT2D eigenvalue weighted by Crippen LogP contribution is -2.22. The van der Waals surface area contributed by atoms with Gasteiger partial charge >= 0.3 is 5.97 Å². The zero-order chi connectivity index (χ0) is 20.2. The van der Waals surface area contributed by atoms with Gasteiger partial charge in [-0.05, 0) is 48.9 Å². The molecule has 0 saturated carbocycles. The van der Waals surface area contributed by atoms with Crippen molar-refractivity contribution >= 4 is 27.6 Å². The van der Waals surface area contributed by atoms with Gasteiger partial charge in [-0.15, -0.1) is 0 Å². The number of nitrogens with one attached hydrogen (secondary N) is 1. The van der Waals surface area contributed by atoms with E-state index in [1.165, 1.54) is 50.5 Å². The predicted octanol–water partition coefficient (Wildman–Crippen LogP) is 2.18. The molecule has 9 heteroatoms. The Balaban J connectivity index is 1.94. The second-order valence-electron chi connectivity index (χ2n) is 5.90. The number of aryl methyl sites for hydroxylation is 1. The molecule has 27 heavy (non-hydrogen) atoms. The van der Waals surface area contributed by atoms with Gasteiger partial charge in [0, 0.05) is 19.8 Å². The highest BCUT2D eigenvalue weighted by Crippen LogP contribution is 2.16. The molecule has 2 rings (SSSR count). The summed E-state index contributed by atoms with van der Waals surface area (Å²) >= 11 is 0. The summed E-state index contributed by atoms with van der Waals surface area (Å²) in [5.41, 5.74) is 0.739. The summed E-state index contributed by atoms with van der Waals surface area (Å²) in [6.45, 7) is 0.999. The van der Waals surface area contributed by atoms with Gasteiger partial charge < -0.3 is 10.1 Å². The Morgan fingerprint density at radius 2 is 1.74 bits per heavy atom. The van der Waals surface area contributed by atoms with E-state index in [9.17, 15) is 22.4 Å². The van der Waals surface area contributed by atoms with Crippen LogP contribution in [-0.4, -0.2) is 45.3 Å². The minimum absolute atomic E-state index is 0.00384. The summed E-state index contributed by atoms with van der Waals surface area (Å²) < 4.78 is 43.3. The second kappa shape index (κ2) is 8.28. The van der Waals surface area contributed by atoms with Gasteiger partial charge in [-0.25, -0.2) is 21.9 Å². The van der Waals surface area contributed by atoms with Crippen LogP contribution in [0.5, 0.6) is 0 Å². The van der Waals surface area contributed by atoms with Gasteiger partial charge in [-0.3, -0.25) is 4.79 Å². The number of hydrogen-bond acceptors (Lipinski definition) is 5. The molecule has 0 saturated heterocycles. The Labute approximate surface area is 156 Å². The summed E-state index contributed by atoms with van der Waals surface area (Å²) in [6, 6.07) is 9.44. The van der Waals surface area contributed by atoms with Crippen molar-refractivity contribution in [2.75, 3.05) is 26.0 Å². The molecule has 0 fully saturated rings. The molecule has 1 N–H and O–H groups in total. The van der Waals surface area contributed by atoms with Gasteiger partial charge in [0.15, 0.2) is 6.61 Å². The van der Waals surface area contributed by atoms with Crippen LogP contribution in [0.25, 0.3) is 0 Å². The minimum atomic E-state index is -3.56. The van der Waals surface area contributed by atoms with E-state index in [2.05, 4.69) is 5.32 Å². The highest BCUT2D eigenvalue weighted by atomic mass is 32.2. The first-order chi connectivity index (χ1) is 12.6. The standard InChI is InChI=1S/C18H19FN2O5S/c1-12-4-5-13(10-16(12)19)18(23)26-11-17(22)20-14-6-8-15(9-7-14)27(24,25)21(2)3/h4-10H,11H2,1-3H3,(H,20,22). The van der Waals surface area contributed by atoms with E-state index < -0.39 is 34.3 Å². The van der Waals surface area contributed by atoms with Crippen LogP contribution in [0.15, 0.2) is 47.4 Å². The van der Waals surface area contributed by atoms with Crippen molar-refractivity contribution < 1.29 is 27.1 Å².